The number of methoxy groups -OCH3 is 1. The van der Waals surface area contributed by atoms with E-state index in [9.17, 15) is 4.79 Å². The van der Waals surface area contributed by atoms with Gasteiger partial charge in [-0.15, -0.1) is 0 Å². The summed E-state index contributed by atoms with van der Waals surface area (Å²) in [5.74, 6) is 1.88. The van der Waals surface area contributed by atoms with Gasteiger partial charge in [-0.3, -0.25) is 4.79 Å². The van der Waals surface area contributed by atoms with E-state index in [-0.39, 0.29) is 5.91 Å². The lowest BCUT2D eigenvalue weighted by Gasteiger charge is -2.17. The summed E-state index contributed by atoms with van der Waals surface area (Å²) in [6, 6.07) is 14.3. The number of nitrogens with one attached hydrogen (secondary N) is 1. The standard InChI is InChI=1S/C19H22ClNO4/c1-3-18(25-17-6-4-5-14(20)13-17)19(22)21-11-12-24-16-9-7-15(23-2)8-10-16/h4-10,13,18H,3,11-12H2,1-2H3,(H,21,22)/t18-/m0/s1. The number of hydrogen-bond acceptors (Lipinski definition) is 4. The van der Waals surface area contributed by atoms with Gasteiger partial charge in [-0.1, -0.05) is 24.6 Å². The highest BCUT2D eigenvalue weighted by Crippen LogP contribution is 2.19. The SMILES string of the molecule is CC[C@H](Oc1cccc(Cl)c1)C(=O)NCCOc1ccc(OC)cc1. The van der Waals surface area contributed by atoms with E-state index < -0.39 is 6.10 Å². The number of halogens is 1. The zero-order valence-corrected chi connectivity index (χ0v) is 15.1. The third-order valence-electron chi connectivity index (χ3n) is 3.47. The molecular weight excluding hydrogens is 342 g/mol. The van der Waals surface area contributed by atoms with Crippen LogP contribution in [0.3, 0.4) is 0 Å². The maximum atomic E-state index is 12.2. The molecule has 0 spiro atoms. The van der Waals surface area contributed by atoms with Crippen molar-refractivity contribution < 1.29 is 19.0 Å². The summed E-state index contributed by atoms with van der Waals surface area (Å²) in [6.07, 6.45) is -0.0167. The van der Waals surface area contributed by atoms with Gasteiger partial charge in [0.2, 0.25) is 0 Å². The first-order valence-corrected chi connectivity index (χ1v) is 8.47. The van der Waals surface area contributed by atoms with Crippen LogP contribution in [0.1, 0.15) is 13.3 Å². The largest absolute Gasteiger partial charge is 0.497 e. The van der Waals surface area contributed by atoms with Gasteiger partial charge in [0.25, 0.3) is 5.91 Å². The maximum absolute atomic E-state index is 12.2. The Labute approximate surface area is 152 Å². The topological polar surface area (TPSA) is 56.8 Å². The minimum absolute atomic E-state index is 0.180. The fourth-order valence-corrected chi connectivity index (χ4v) is 2.34. The highest BCUT2D eigenvalue weighted by atomic mass is 35.5. The number of hydrogen-bond donors (Lipinski definition) is 1. The predicted molar refractivity (Wildman–Crippen MR) is 97.7 cm³/mol. The molecule has 0 saturated carbocycles. The smallest absolute Gasteiger partial charge is 0.261 e. The van der Waals surface area contributed by atoms with E-state index in [0.717, 1.165) is 11.5 Å². The van der Waals surface area contributed by atoms with Crippen molar-refractivity contribution in [2.45, 2.75) is 19.4 Å². The molecule has 0 aliphatic heterocycles. The van der Waals surface area contributed by atoms with Gasteiger partial charge in [0.1, 0.15) is 23.9 Å². The van der Waals surface area contributed by atoms with Crippen LogP contribution in [0.15, 0.2) is 48.5 Å². The summed E-state index contributed by atoms with van der Waals surface area (Å²) in [4.78, 5) is 12.2. The average molecular weight is 364 g/mol. The fourth-order valence-electron chi connectivity index (χ4n) is 2.16. The summed E-state index contributed by atoms with van der Waals surface area (Å²) >= 11 is 5.93. The number of rotatable bonds is 9. The Morgan fingerprint density at radius 2 is 1.84 bits per heavy atom. The van der Waals surface area contributed by atoms with Crippen LogP contribution in [0.5, 0.6) is 17.2 Å². The Kier molecular flexibility index (Phi) is 7.41. The molecule has 1 amide bonds. The molecule has 0 saturated heterocycles. The molecular formula is C19H22ClNO4. The van der Waals surface area contributed by atoms with Gasteiger partial charge in [-0.05, 0) is 48.9 Å². The van der Waals surface area contributed by atoms with E-state index in [1.165, 1.54) is 0 Å². The van der Waals surface area contributed by atoms with E-state index in [4.69, 9.17) is 25.8 Å². The number of carbonyl (C=O) groups excluding carboxylic acids is 1. The van der Waals surface area contributed by atoms with E-state index in [1.807, 2.05) is 31.2 Å². The molecule has 0 radical (unpaired) electrons. The quantitative estimate of drug-likeness (QED) is 0.690. The normalized spacial score (nSPS) is 11.5. The molecule has 2 aromatic rings. The van der Waals surface area contributed by atoms with Gasteiger partial charge in [-0.25, -0.2) is 0 Å². The van der Waals surface area contributed by atoms with Crippen LogP contribution in [0.2, 0.25) is 5.02 Å². The van der Waals surface area contributed by atoms with Gasteiger partial charge < -0.3 is 19.5 Å². The van der Waals surface area contributed by atoms with Gasteiger partial charge >= 0.3 is 0 Å². The van der Waals surface area contributed by atoms with Gasteiger partial charge in [0.05, 0.1) is 13.7 Å². The van der Waals surface area contributed by atoms with Crippen LogP contribution in [0.25, 0.3) is 0 Å². The van der Waals surface area contributed by atoms with Crippen LogP contribution in [0.4, 0.5) is 0 Å². The Balaban J connectivity index is 1.75. The zero-order chi connectivity index (χ0) is 18.1. The number of ether oxygens (including phenoxy) is 3. The first kappa shape index (κ1) is 18.9. The molecule has 0 aliphatic rings. The summed E-state index contributed by atoms with van der Waals surface area (Å²) in [5.41, 5.74) is 0. The van der Waals surface area contributed by atoms with Crippen LogP contribution in [-0.2, 0) is 4.79 Å². The van der Waals surface area contributed by atoms with Gasteiger partial charge in [0.15, 0.2) is 6.10 Å². The predicted octanol–water partition coefficient (Wildman–Crippen LogP) is 3.70. The van der Waals surface area contributed by atoms with Crippen molar-refractivity contribution in [2.75, 3.05) is 20.3 Å². The van der Waals surface area contributed by atoms with Crippen LogP contribution < -0.4 is 19.5 Å². The monoisotopic (exact) mass is 363 g/mol. The Bertz CT molecular complexity index is 675. The van der Waals surface area contributed by atoms with Crippen molar-refractivity contribution in [1.82, 2.24) is 5.32 Å². The molecule has 2 aromatic carbocycles. The summed E-state index contributed by atoms with van der Waals surface area (Å²) in [7, 11) is 1.61. The minimum Gasteiger partial charge on any atom is -0.497 e. The van der Waals surface area contributed by atoms with Gasteiger partial charge in [-0.2, -0.15) is 0 Å². The van der Waals surface area contributed by atoms with Crippen molar-refractivity contribution in [3.05, 3.63) is 53.6 Å². The Hall–Kier alpha value is -2.40. The molecule has 6 heteroatoms. The Morgan fingerprint density at radius 3 is 2.48 bits per heavy atom. The van der Waals surface area contributed by atoms with E-state index in [2.05, 4.69) is 5.32 Å². The zero-order valence-electron chi connectivity index (χ0n) is 14.3. The highest BCUT2D eigenvalue weighted by Gasteiger charge is 2.17. The molecule has 0 unspecified atom stereocenters. The first-order valence-electron chi connectivity index (χ1n) is 8.09. The average Bonchev–Trinajstić information content (AvgIpc) is 2.63. The van der Waals surface area contributed by atoms with E-state index in [1.54, 1.807) is 31.4 Å². The maximum Gasteiger partial charge on any atom is 0.261 e. The molecule has 0 bridgehead atoms. The molecule has 0 fully saturated rings. The van der Waals surface area contributed by atoms with Crippen LogP contribution >= 0.6 is 11.6 Å². The molecule has 0 aromatic heterocycles. The van der Waals surface area contributed by atoms with Crippen molar-refractivity contribution in [3.63, 3.8) is 0 Å². The Morgan fingerprint density at radius 1 is 1.12 bits per heavy atom. The number of carbonyl (C=O) groups is 1. The molecule has 5 nitrogen and oxygen atoms in total. The lowest BCUT2D eigenvalue weighted by Crippen LogP contribution is -2.39. The second kappa shape index (κ2) is 9.79. The van der Waals surface area contributed by atoms with Crippen LogP contribution in [0, 0.1) is 0 Å². The molecule has 2 rings (SSSR count). The van der Waals surface area contributed by atoms with Crippen molar-refractivity contribution in [3.8, 4) is 17.2 Å². The second-order valence-corrected chi connectivity index (χ2v) is 5.72. The van der Waals surface area contributed by atoms with Crippen molar-refractivity contribution in [2.24, 2.45) is 0 Å². The summed E-state index contributed by atoms with van der Waals surface area (Å²) in [5, 5.41) is 3.38. The molecule has 0 aliphatic carbocycles. The first-order chi connectivity index (χ1) is 12.1. The lowest BCUT2D eigenvalue weighted by atomic mass is 10.2. The number of benzene rings is 2. The molecule has 1 atom stereocenters. The molecule has 1 N–H and O–H groups in total. The summed E-state index contributed by atoms with van der Waals surface area (Å²) in [6.45, 7) is 2.65. The molecule has 0 heterocycles. The summed E-state index contributed by atoms with van der Waals surface area (Å²) < 4.78 is 16.4. The van der Waals surface area contributed by atoms with Crippen molar-refractivity contribution >= 4 is 17.5 Å². The van der Waals surface area contributed by atoms with E-state index in [0.29, 0.717) is 30.3 Å². The lowest BCUT2D eigenvalue weighted by molar-refractivity contribution is -0.128. The van der Waals surface area contributed by atoms with Crippen LogP contribution in [-0.4, -0.2) is 32.3 Å². The van der Waals surface area contributed by atoms with Gasteiger partial charge in [0, 0.05) is 5.02 Å². The van der Waals surface area contributed by atoms with Crippen molar-refractivity contribution in [1.29, 1.82) is 0 Å². The third-order valence-corrected chi connectivity index (χ3v) is 3.70. The number of amides is 1. The van der Waals surface area contributed by atoms with E-state index >= 15 is 0 Å². The second-order valence-electron chi connectivity index (χ2n) is 5.29. The fraction of sp³-hybridized carbons (Fsp3) is 0.316. The molecule has 134 valence electrons. The highest BCUT2D eigenvalue weighted by molar-refractivity contribution is 6.30. The third kappa shape index (κ3) is 6.19. The minimum atomic E-state index is -0.570. The molecule has 25 heavy (non-hydrogen) atoms.